The third-order valence-corrected chi connectivity index (χ3v) is 7.94. The highest BCUT2D eigenvalue weighted by Crippen LogP contribution is 2.27. The van der Waals surface area contributed by atoms with Gasteiger partial charge in [0, 0.05) is 49.4 Å². The lowest BCUT2D eigenvalue weighted by Gasteiger charge is -2.28. The third kappa shape index (κ3) is 8.87. The second-order valence-corrected chi connectivity index (χ2v) is 11.4. The van der Waals surface area contributed by atoms with Gasteiger partial charge >= 0.3 is 0 Å². The van der Waals surface area contributed by atoms with Gasteiger partial charge in [0.05, 0.1) is 18.2 Å². The fraction of sp³-hybridized carbons (Fsp3) is 0.500. The summed E-state index contributed by atoms with van der Waals surface area (Å²) in [5, 5.41) is 23.1. The lowest BCUT2D eigenvalue weighted by atomic mass is 9.95. The van der Waals surface area contributed by atoms with Crippen molar-refractivity contribution in [2.24, 2.45) is 0 Å². The second-order valence-electron chi connectivity index (χ2n) is 11.4. The van der Waals surface area contributed by atoms with Crippen molar-refractivity contribution in [2.45, 2.75) is 89.4 Å². The summed E-state index contributed by atoms with van der Waals surface area (Å²) in [6, 6.07) is 13.4. The lowest BCUT2D eigenvalue weighted by molar-refractivity contribution is -0.123. The molecule has 0 spiro atoms. The van der Waals surface area contributed by atoms with Crippen LogP contribution >= 0.6 is 0 Å². The number of hydrogen-bond donors (Lipinski definition) is 5. The molecule has 2 aromatic rings. The van der Waals surface area contributed by atoms with Crippen molar-refractivity contribution in [3.05, 3.63) is 59.7 Å². The van der Waals surface area contributed by atoms with E-state index in [0.717, 1.165) is 37.7 Å². The molecule has 2 aliphatic rings. The molecule has 42 heavy (non-hydrogen) atoms. The molecule has 226 valence electrons. The maximum absolute atomic E-state index is 13.6. The highest BCUT2D eigenvalue weighted by Gasteiger charge is 2.27. The van der Waals surface area contributed by atoms with Gasteiger partial charge in [0.15, 0.2) is 0 Å². The second kappa shape index (κ2) is 14.9. The summed E-state index contributed by atoms with van der Waals surface area (Å²) in [6.07, 6.45) is 5.94. The Morgan fingerprint density at radius 2 is 1.76 bits per heavy atom. The van der Waals surface area contributed by atoms with Gasteiger partial charge in [0.1, 0.15) is 0 Å². The van der Waals surface area contributed by atoms with Gasteiger partial charge in [-0.1, -0.05) is 49.6 Å². The minimum Gasteiger partial charge on any atom is -0.390 e. The molecular formula is C32H43N5O5. The van der Waals surface area contributed by atoms with Crippen molar-refractivity contribution in [3.63, 3.8) is 0 Å². The van der Waals surface area contributed by atoms with Crippen molar-refractivity contribution in [3.8, 4) is 0 Å². The van der Waals surface area contributed by atoms with Crippen LogP contribution in [0.1, 0.15) is 74.7 Å². The molecule has 0 unspecified atom stereocenters. The van der Waals surface area contributed by atoms with Gasteiger partial charge in [0.2, 0.25) is 17.7 Å². The van der Waals surface area contributed by atoms with E-state index in [9.17, 15) is 24.3 Å². The van der Waals surface area contributed by atoms with Crippen molar-refractivity contribution in [2.75, 3.05) is 23.3 Å². The number of aliphatic hydroxyl groups is 1. The number of anilines is 2. The molecule has 0 bridgehead atoms. The Kier molecular flexibility index (Phi) is 11.1. The Morgan fingerprint density at radius 3 is 2.43 bits per heavy atom. The predicted octanol–water partition coefficient (Wildman–Crippen LogP) is 2.90. The molecule has 4 rings (SSSR count). The highest BCUT2D eigenvalue weighted by atomic mass is 16.3. The van der Waals surface area contributed by atoms with E-state index in [4.69, 9.17) is 0 Å². The molecule has 3 atom stereocenters. The fourth-order valence-electron chi connectivity index (χ4n) is 5.60. The average Bonchev–Trinajstić information content (AvgIpc) is 3.41. The zero-order valence-corrected chi connectivity index (χ0v) is 24.5. The summed E-state index contributed by atoms with van der Waals surface area (Å²) < 4.78 is 0. The molecule has 0 radical (unpaired) electrons. The molecule has 5 N–H and O–H groups in total. The number of hydrogen-bond acceptors (Lipinski definition) is 6. The van der Waals surface area contributed by atoms with E-state index >= 15 is 0 Å². The van der Waals surface area contributed by atoms with Crippen LogP contribution in [0.5, 0.6) is 0 Å². The number of rotatable bonds is 12. The summed E-state index contributed by atoms with van der Waals surface area (Å²) in [4.78, 5) is 52.1. The zero-order valence-electron chi connectivity index (χ0n) is 24.5. The van der Waals surface area contributed by atoms with Gasteiger partial charge in [-0.25, -0.2) is 0 Å². The quantitative estimate of drug-likeness (QED) is 0.263. The normalized spacial score (nSPS) is 17.8. The Balaban J connectivity index is 1.47. The summed E-state index contributed by atoms with van der Waals surface area (Å²) >= 11 is 0. The number of benzene rings is 2. The predicted molar refractivity (Wildman–Crippen MR) is 162 cm³/mol. The van der Waals surface area contributed by atoms with Crippen LogP contribution in [0.15, 0.2) is 48.5 Å². The van der Waals surface area contributed by atoms with Crippen LogP contribution in [-0.2, 0) is 20.8 Å². The molecule has 2 aromatic carbocycles. The SMILES string of the molecule is CC(=O)Nc1cc(C(=O)N[C@@H](Cc2ccccc2)[C@H](O)CN[C@@H](C)C(=O)NC2CCCCC2)cc(N2CCCC2=O)c1. The van der Waals surface area contributed by atoms with E-state index < -0.39 is 24.1 Å². The number of carbonyl (C=O) groups is 4. The zero-order chi connectivity index (χ0) is 30.1. The molecule has 1 saturated carbocycles. The standard InChI is InChI=1S/C32H43N5O5/c1-21(31(41)35-25-12-7-4-8-13-25)33-20-29(39)28(16-23-10-5-3-6-11-23)36-32(42)24-17-26(34-22(2)38)19-27(18-24)37-15-9-14-30(37)40/h3,5-6,10-11,17-19,21,25,28-29,33,39H,4,7-9,12-16,20H2,1-2H3,(H,34,38)(H,35,41)(H,36,42)/t21-,28-,29+/m0/s1. The molecule has 10 nitrogen and oxygen atoms in total. The van der Waals surface area contributed by atoms with Crippen molar-refractivity contribution >= 4 is 35.0 Å². The van der Waals surface area contributed by atoms with Gasteiger partial charge in [-0.2, -0.15) is 0 Å². The molecule has 1 saturated heterocycles. The van der Waals surface area contributed by atoms with Crippen molar-refractivity contribution in [1.29, 1.82) is 0 Å². The van der Waals surface area contributed by atoms with E-state index in [0.29, 0.717) is 30.8 Å². The molecule has 1 heterocycles. The van der Waals surface area contributed by atoms with Crippen molar-refractivity contribution < 1.29 is 24.3 Å². The Morgan fingerprint density at radius 1 is 1.02 bits per heavy atom. The van der Waals surface area contributed by atoms with Crippen LogP contribution in [0.4, 0.5) is 11.4 Å². The molecule has 1 aliphatic heterocycles. The van der Waals surface area contributed by atoms with Gasteiger partial charge in [-0.3, -0.25) is 19.2 Å². The minimum atomic E-state index is -1.00. The number of aliphatic hydroxyl groups excluding tert-OH is 1. The van der Waals surface area contributed by atoms with Gasteiger partial charge in [0.25, 0.3) is 5.91 Å². The molecule has 10 heteroatoms. The summed E-state index contributed by atoms with van der Waals surface area (Å²) in [5.41, 5.74) is 2.13. The maximum Gasteiger partial charge on any atom is 0.251 e. The fourth-order valence-corrected chi connectivity index (χ4v) is 5.60. The lowest BCUT2D eigenvalue weighted by Crippen LogP contribution is -2.53. The molecule has 1 aliphatic carbocycles. The van der Waals surface area contributed by atoms with Crippen LogP contribution in [-0.4, -0.2) is 66.1 Å². The highest BCUT2D eigenvalue weighted by molar-refractivity contribution is 6.01. The van der Waals surface area contributed by atoms with E-state index in [1.165, 1.54) is 13.3 Å². The number of amides is 4. The molecule has 2 fully saturated rings. The summed E-state index contributed by atoms with van der Waals surface area (Å²) in [7, 11) is 0. The number of nitrogens with one attached hydrogen (secondary N) is 4. The summed E-state index contributed by atoms with van der Waals surface area (Å²) in [5.74, 6) is -0.877. The van der Waals surface area contributed by atoms with Gasteiger partial charge in [-0.15, -0.1) is 0 Å². The molecular weight excluding hydrogens is 534 g/mol. The smallest absolute Gasteiger partial charge is 0.251 e. The summed E-state index contributed by atoms with van der Waals surface area (Å²) in [6.45, 7) is 3.78. The topological polar surface area (TPSA) is 140 Å². The number of carbonyl (C=O) groups excluding carboxylic acids is 4. The van der Waals surface area contributed by atoms with E-state index in [-0.39, 0.29) is 35.9 Å². The Labute approximate surface area is 247 Å². The first-order valence-electron chi connectivity index (χ1n) is 15.0. The first-order chi connectivity index (χ1) is 20.2. The Bertz CT molecular complexity index is 1250. The first kappa shape index (κ1) is 31.2. The van der Waals surface area contributed by atoms with Crippen molar-refractivity contribution in [1.82, 2.24) is 16.0 Å². The van der Waals surface area contributed by atoms with E-state index in [1.807, 2.05) is 30.3 Å². The van der Waals surface area contributed by atoms with Crippen LogP contribution in [0.25, 0.3) is 0 Å². The van der Waals surface area contributed by atoms with E-state index in [1.54, 1.807) is 30.0 Å². The van der Waals surface area contributed by atoms with Crippen LogP contribution in [0.2, 0.25) is 0 Å². The average molecular weight is 578 g/mol. The molecule has 0 aromatic heterocycles. The van der Waals surface area contributed by atoms with Crippen LogP contribution in [0, 0.1) is 0 Å². The largest absolute Gasteiger partial charge is 0.390 e. The third-order valence-electron chi connectivity index (χ3n) is 7.94. The Hall–Kier alpha value is -3.76. The maximum atomic E-state index is 13.6. The minimum absolute atomic E-state index is 0.0357. The van der Waals surface area contributed by atoms with Crippen LogP contribution < -0.4 is 26.2 Å². The molecule has 4 amide bonds. The monoisotopic (exact) mass is 577 g/mol. The van der Waals surface area contributed by atoms with Gasteiger partial charge < -0.3 is 31.3 Å². The first-order valence-corrected chi connectivity index (χ1v) is 15.0. The number of nitrogens with zero attached hydrogens (tertiary/aromatic N) is 1. The van der Waals surface area contributed by atoms with Crippen LogP contribution in [0.3, 0.4) is 0 Å². The van der Waals surface area contributed by atoms with Gasteiger partial charge in [-0.05, 0) is 56.4 Å². The van der Waals surface area contributed by atoms with E-state index in [2.05, 4.69) is 21.3 Å².